The molecular weight excluding hydrogens is 417 g/mol. The second-order valence-corrected chi connectivity index (χ2v) is 6.79. The Kier molecular flexibility index (Phi) is 6.66. The average molecular weight is 431 g/mol. The molecule has 1 amide bonds. The van der Waals surface area contributed by atoms with Gasteiger partial charge in [-0.3, -0.25) is 9.59 Å². The molecule has 24 heavy (non-hydrogen) atoms. The van der Waals surface area contributed by atoms with Crippen molar-refractivity contribution in [2.45, 2.75) is 13.3 Å². The van der Waals surface area contributed by atoms with E-state index in [0.29, 0.717) is 15.7 Å². The molecule has 0 aromatic heterocycles. The first-order valence-electron chi connectivity index (χ1n) is 7.00. The molecule has 0 atom stereocenters. The third kappa shape index (κ3) is 5.51. The summed E-state index contributed by atoms with van der Waals surface area (Å²) in [5, 5.41) is 3.74. The van der Waals surface area contributed by atoms with Crippen LogP contribution in [0.2, 0.25) is 10.0 Å². The average Bonchev–Trinajstić information content (AvgIpc) is 2.53. The van der Waals surface area contributed by atoms with E-state index in [1.54, 1.807) is 36.4 Å². The van der Waals surface area contributed by atoms with E-state index in [-0.39, 0.29) is 13.0 Å². The van der Waals surface area contributed by atoms with E-state index in [0.717, 1.165) is 15.6 Å². The first-order valence-corrected chi connectivity index (χ1v) is 8.55. The third-order valence-electron chi connectivity index (χ3n) is 3.17. The van der Waals surface area contributed by atoms with Crippen molar-refractivity contribution < 1.29 is 14.3 Å². The van der Waals surface area contributed by atoms with Crippen molar-refractivity contribution >= 4 is 56.7 Å². The highest BCUT2D eigenvalue weighted by molar-refractivity contribution is 9.10. The van der Waals surface area contributed by atoms with Gasteiger partial charge in [0, 0.05) is 15.2 Å². The predicted molar refractivity (Wildman–Crippen MR) is 98.6 cm³/mol. The number of nitrogens with one attached hydrogen (secondary N) is 1. The molecule has 0 spiro atoms. The highest BCUT2D eigenvalue weighted by atomic mass is 79.9. The molecule has 7 heteroatoms. The maximum absolute atomic E-state index is 11.9. The molecule has 2 rings (SSSR count). The Labute approximate surface area is 158 Å². The number of anilines is 1. The molecule has 0 aliphatic carbocycles. The monoisotopic (exact) mass is 429 g/mol. The number of halogens is 3. The maximum atomic E-state index is 11.9. The van der Waals surface area contributed by atoms with Gasteiger partial charge in [-0.05, 0) is 58.2 Å². The van der Waals surface area contributed by atoms with E-state index in [2.05, 4.69) is 21.2 Å². The quantitative estimate of drug-likeness (QED) is 0.693. The fourth-order valence-electron chi connectivity index (χ4n) is 1.93. The van der Waals surface area contributed by atoms with Crippen LogP contribution in [0.3, 0.4) is 0 Å². The summed E-state index contributed by atoms with van der Waals surface area (Å²) in [4.78, 5) is 23.7. The van der Waals surface area contributed by atoms with Crippen LogP contribution in [0.4, 0.5) is 5.69 Å². The first-order chi connectivity index (χ1) is 11.3. The van der Waals surface area contributed by atoms with Gasteiger partial charge in [-0.1, -0.05) is 35.3 Å². The molecule has 0 heterocycles. The van der Waals surface area contributed by atoms with E-state index in [1.165, 1.54) is 0 Å². The summed E-state index contributed by atoms with van der Waals surface area (Å²) in [7, 11) is 0. The van der Waals surface area contributed by atoms with E-state index in [1.807, 2.05) is 6.92 Å². The zero-order valence-electron chi connectivity index (χ0n) is 12.7. The molecule has 0 radical (unpaired) electrons. The highest BCUT2D eigenvalue weighted by Crippen LogP contribution is 2.28. The maximum Gasteiger partial charge on any atom is 0.310 e. The lowest BCUT2D eigenvalue weighted by Crippen LogP contribution is -2.22. The summed E-state index contributed by atoms with van der Waals surface area (Å²) in [6.07, 6.45) is 0.0770. The SMILES string of the molecule is Cc1cc(Br)c(Cl)cc1NC(=O)COC(=O)Cc1ccc(Cl)cc1. The minimum atomic E-state index is -0.488. The van der Waals surface area contributed by atoms with Crippen LogP contribution in [-0.2, 0) is 20.7 Å². The fraction of sp³-hybridized carbons (Fsp3) is 0.176. The number of ether oxygens (including phenoxy) is 1. The molecule has 0 aliphatic rings. The summed E-state index contributed by atoms with van der Waals surface area (Å²) < 4.78 is 5.72. The number of rotatable bonds is 5. The topological polar surface area (TPSA) is 55.4 Å². The zero-order valence-corrected chi connectivity index (χ0v) is 15.8. The minimum Gasteiger partial charge on any atom is -0.455 e. The second-order valence-electron chi connectivity index (χ2n) is 5.09. The normalized spacial score (nSPS) is 10.3. The molecule has 2 aromatic rings. The number of amides is 1. The van der Waals surface area contributed by atoms with Crippen molar-refractivity contribution in [3.05, 3.63) is 62.0 Å². The van der Waals surface area contributed by atoms with Gasteiger partial charge in [0.05, 0.1) is 11.4 Å². The highest BCUT2D eigenvalue weighted by Gasteiger charge is 2.11. The lowest BCUT2D eigenvalue weighted by molar-refractivity contribution is -0.146. The number of aryl methyl sites for hydroxylation is 1. The summed E-state index contributed by atoms with van der Waals surface area (Å²) in [5.41, 5.74) is 2.18. The van der Waals surface area contributed by atoms with Gasteiger partial charge in [0.25, 0.3) is 5.91 Å². The molecule has 2 aromatic carbocycles. The minimum absolute atomic E-state index is 0.0770. The Morgan fingerprint density at radius 1 is 1.17 bits per heavy atom. The summed E-state index contributed by atoms with van der Waals surface area (Å²) >= 11 is 15.1. The molecule has 0 saturated carbocycles. The van der Waals surface area contributed by atoms with Crippen molar-refractivity contribution in [1.82, 2.24) is 0 Å². The number of hydrogen-bond acceptors (Lipinski definition) is 3. The Morgan fingerprint density at radius 3 is 2.50 bits per heavy atom. The van der Waals surface area contributed by atoms with Gasteiger partial charge in [-0.25, -0.2) is 0 Å². The van der Waals surface area contributed by atoms with Crippen molar-refractivity contribution in [3.8, 4) is 0 Å². The van der Waals surface area contributed by atoms with Crippen LogP contribution in [0, 0.1) is 6.92 Å². The first kappa shape index (κ1) is 18.8. The number of esters is 1. The third-order valence-corrected chi connectivity index (χ3v) is 4.62. The van der Waals surface area contributed by atoms with E-state index < -0.39 is 11.9 Å². The number of carbonyl (C=O) groups is 2. The van der Waals surface area contributed by atoms with E-state index in [9.17, 15) is 9.59 Å². The van der Waals surface area contributed by atoms with Gasteiger partial charge in [-0.2, -0.15) is 0 Å². The standard InChI is InChI=1S/C17H14BrCl2NO3/c1-10-6-13(18)14(20)8-15(10)21-16(22)9-24-17(23)7-11-2-4-12(19)5-3-11/h2-6,8H,7,9H2,1H3,(H,21,22). The van der Waals surface area contributed by atoms with Crippen LogP contribution in [-0.4, -0.2) is 18.5 Å². The molecule has 0 unspecified atom stereocenters. The molecule has 0 fully saturated rings. The Hall–Kier alpha value is -1.56. The number of hydrogen-bond donors (Lipinski definition) is 1. The van der Waals surface area contributed by atoms with Gasteiger partial charge in [-0.15, -0.1) is 0 Å². The predicted octanol–water partition coefficient (Wildman–Crippen LogP) is 4.79. The smallest absolute Gasteiger partial charge is 0.310 e. The van der Waals surface area contributed by atoms with E-state index in [4.69, 9.17) is 27.9 Å². The van der Waals surface area contributed by atoms with E-state index >= 15 is 0 Å². The van der Waals surface area contributed by atoms with Crippen LogP contribution in [0.1, 0.15) is 11.1 Å². The van der Waals surface area contributed by atoms with Gasteiger partial charge >= 0.3 is 5.97 Å². The van der Waals surface area contributed by atoms with Crippen molar-refractivity contribution in [2.75, 3.05) is 11.9 Å². The zero-order chi connectivity index (χ0) is 17.7. The lowest BCUT2D eigenvalue weighted by atomic mass is 10.1. The molecule has 0 saturated heterocycles. The molecular formula is C17H14BrCl2NO3. The largest absolute Gasteiger partial charge is 0.455 e. The Balaban J connectivity index is 1.85. The summed E-state index contributed by atoms with van der Waals surface area (Å²) in [6, 6.07) is 10.3. The van der Waals surface area contributed by atoms with Gasteiger partial charge < -0.3 is 10.1 Å². The van der Waals surface area contributed by atoms with Crippen LogP contribution < -0.4 is 5.32 Å². The summed E-state index contributed by atoms with van der Waals surface area (Å²) in [6.45, 7) is 1.47. The van der Waals surface area contributed by atoms with Gasteiger partial charge in [0.2, 0.25) is 0 Å². The van der Waals surface area contributed by atoms with Gasteiger partial charge in [0.1, 0.15) is 0 Å². The molecule has 126 valence electrons. The Morgan fingerprint density at radius 2 is 1.83 bits per heavy atom. The van der Waals surface area contributed by atoms with Crippen molar-refractivity contribution in [2.24, 2.45) is 0 Å². The van der Waals surface area contributed by atoms with Crippen molar-refractivity contribution in [1.29, 1.82) is 0 Å². The molecule has 0 aliphatic heterocycles. The number of benzene rings is 2. The van der Waals surface area contributed by atoms with Crippen LogP contribution in [0.25, 0.3) is 0 Å². The summed E-state index contributed by atoms with van der Waals surface area (Å²) in [5.74, 6) is -0.918. The second kappa shape index (κ2) is 8.51. The lowest BCUT2D eigenvalue weighted by Gasteiger charge is -2.10. The van der Waals surface area contributed by atoms with Crippen LogP contribution in [0.5, 0.6) is 0 Å². The van der Waals surface area contributed by atoms with Gasteiger partial charge in [0.15, 0.2) is 6.61 Å². The molecule has 4 nitrogen and oxygen atoms in total. The van der Waals surface area contributed by atoms with Crippen LogP contribution in [0.15, 0.2) is 40.9 Å². The fourth-order valence-corrected chi connectivity index (χ4v) is 2.68. The molecule has 0 bridgehead atoms. The van der Waals surface area contributed by atoms with Crippen LogP contribution >= 0.6 is 39.1 Å². The molecule has 1 N–H and O–H groups in total. The van der Waals surface area contributed by atoms with Crippen molar-refractivity contribution in [3.63, 3.8) is 0 Å². The Bertz CT molecular complexity index is 763. The number of carbonyl (C=O) groups excluding carboxylic acids is 2.